The van der Waals surface area contributed by atoms with Crippen LogP contribution in [0.5, 0.6) is 11.6 Å². The fraction of sp³-hybridized carbons (Fsp3) is 0.167. The normalized spacial score (nSPS) is 10.7. The summed E-state index contributed by atoms with van der Waals surface area (Å²) in [4.78, 5) is 12.4. The molecule has 1 N–H and O–H groups in total. The van der Waals surface area contributed by atoms with Gasteiger partial charge in [-0.05, 0) is 25.1 Å². The molecule has 0 saturated carbocycles. The molecular weight excluding hydrogens is 326 g/mol. The van der Waals surface area contributed by atoms with Gasteiger partial charge >= 0.3 is 0 Å². The number of benzene rings is 1. The highest BCUT2D eigenvalue weighted by molar-refractivity contribution is 5.32. The summed E-state index contributed by atoms with van der Waals surface area (Å²) in [6, 6.07) is 6.99. The minimum absolute atomic E-state index is 0.186. The van der Waals surface area contributed by atoms with Gasteiger partial charge in [-0.2, -0.15) is 0 Å². The molecule has 0 aliphatic carbocycles. The van der Waals surface area contributed by atoms with Crippen LogP contribution in [0.25, 0.3) is 0 Å². The van der Waals surface area contributed by atoms with E-state index in [4.69, 9.17) is 4.74 Å². The average Bonchev–Trinajstić information content (AvgIpc) is 2.61. The third kappa shape index (κ3) is 4.54. The van der Waals surface area contributed by atoms with E-state index in [1.54, 1.807) is 24.7 Å². The van der Waals surface area contributed by atoms with Gasteiger partial charge in [-0.3, -0.25) is 0 Å². The summed E-state index contributed by atoms with van der Waals surface area (Å²) in [6.07, 6.45) is 5.10. The Hall–Kier alpha value is -2.93. The first-order valence-electron chi connectivity index (χ1n) is 7.67. The number of rotatable bonds is 6. The molecule has 0 spiro atoms. The fourth-order valence-electron chi connectivity index (χ4n) is 2.15. The van der Waals surface area contributed by atoms with Crippen molar-refractivity contribution >= 4 is 0 Å². The summed E-state index contributed by atoms with van der Waals surface area (Å²) in [7, 11) is 0. The molecule has 5 nitrogen and oxygen atoms in total. The van der Waals surface area contributed by atoms with Crippen LogP contribution >= 0.6 is 0 Å². The maximum Gasteiger partial charge on any atom is 0.223 e. The molecular formula is C18H16F2N4O. The lowest BCUT2D eigenvalue weighted by Crippen LogP contribution is -2.14. The SMILES string of the molecule is Cc1ncc(CNCc2cccnc2Oc2ccc(F)c(F)c2)cn1. The average molecular weight is 342 g/mol. The number of halogens is 2. The van der Waals surface area contributed by atoms with Crippen LogP contribution in [0.4, 0.5) is 8.78 Å². The first kappa shape index (κ1) is 16.9. The van der Waals surface area contributed by atoms with Gasteiger partial charge in [0, 0.05) is 48.9 Å². The van der Waals surface area contributed by atoms with Gasteiger partial charge in [-0.1, -0.05) is 6.07 Å². The molecule has 0 saturated heterocycles. The summed E-state index contributed by atoms with van der Waals surface area (Å²) >= 11 is 0. The molecule has 1 aromatic carbocycles. The molecule has 0 bridgehead atoms. The number of aryl methyl sites for hydroxylation is 1. The molecule has 0 radical (unpaired) electrons. The third-order valence-corrected chi connectivity index (χ3v) is 3.43. The summed E-state index contributed by atoms with van der Waals surface area (Å²) in [5, 5.41) is 3.25. The lowest BCUT2D eigenvalue weighted by molar-refractivity contribution is 0.440. The van der Waals surface area contributed by atoms with Crippen LogP contribution in [0.3, 0.4) is 0 Å². The van der Waals surface area contributed by atoms with E-state index >= 15 is 0 Å². The number of nitrogens with zero attached hydrogens (tertiary/aromatic N) is 3. The number of nitrogens with one attached hydrogen (secondary N) is 1. The molecule has 2 heterocycles. The van der Waals surface area contributed by atoms with Crippen molar-refractivity contribution in [3.05, 3.63) is 77.5 Å². The van der Waals surface area contributed by atoms with E-state index in [2.05, 4.69) is 20.3 Å². The second-order valence-corrected chi connectivity index (χ2v) is 5.39. The summed E-state index contributed by atoms with van der Waals surface area (Å²) in [5.74, 6) is -0.645. The van der Waals surface area contributed by atoms with Gasteiger partial charge < -0.3 is 10.1 Å². The van der Waals surface area contributed by atoms with E-state index in [9.17, 15) is 8.78 Å². The van der Waals surface area contributed by atoms with E-state index < -0.39 is 11.6 Å². The van der Waals surface area contributed by atoms with Crippen LogP contribution in [0.1, 0.15) is 17.0 Å². The molecule has 0 fully saturated rings. The zero-order chi connectivity index (χ0) is 17.6. The molecule has 0 aliphatic rings. The Morgan fingerprint density at radius 3 is 2.56 bits per heavy atom. The van der Waals surface area contributed by atoms with Gasteiger partial charge in [-0.25, -0.2) is 23.7 Å². The molecule has 0 amide bonds. The van der Waals surface area contributed by atoms with Crippen molar-refractivity contribution in [3.8, 4) is 11.6 Å². The van der Waals surface area contributed by atoms with Crippen LogP contribution in [0.2, 0.25) is 0 Å². The predicted octanol–water partition coefficient (Wildman–Crippen LogP) is 3.54. The molecule has 25 heavy (non-hydrogen) atoms. The third-order valence-electron chi connectivity index (χ3n) is 3.43. The Labute approximate surface area is 143 Å². The number of aromatic nitrogens is 3. The van der Waals surface area contributed by atoms with Gasteiger partial charge in [0.2, 0.25) is 5.88 Å². The van der Waals surface area contributed by atoms with E-state index in [0.29, 0.717) is 19.0 Å². The highest BCUT2D eigenvalue weighted by Gasteiger charge is 2.09. The Morgan fingerprint density at radius 1 is 1.00 bits per heavy atom. The second kappa shape index (κ2) is 7.76. The zero-order valence-corrected chi connectivity index (χ0v) is 13.5. The quantitative estimate of drug-likeness (QED) is 0.742. The molecule has 7 heteroatoms. The largest absolute Gasteiger partial charge is 0.439 e. The molecule has 0 unspecified atom stereocenters. The van der Waals surface area contributed by atoms with Crippen molar-refractivity contribution in [2.45, 2.75) is 20.0 Å². The van der Waals surface area contributed by atoms with Crippen molar-refractivity contribution in [1.82, 2.24) is 20.3 Å². The van der Waals surface area contributed by atoms with Crippen LogP contribution in [0, 0.1) is 18.6 Å². The van der Waals surface area contributed by atoms with Gasteiger partial charge in [0.1, 0.15) is 11.6 Å². The molecule has 2 aromatic heterocycles. The number of hydrogen-bond donors (Lipinski definition) is 1. The molecule has 3 aromatic rings. The minimum atomic E-state index is -0.965. The van der Waals surface area contributed by atoms with Crippen molar-refractivity contribution < 1.29 is 13.5 Å². The van der Waals surface area contributed by atoms with Gasteiger partial charge in [0.05, 0.1) is 0 Å². The molecule has 0 aliphatic heterocycles. The molecule has 3 rings (SSSR count). The van der Waals surface area contributed by atoms with Crippen molar-refractivity contribution in [3.63, 3.8) is 0 Å². The van der Waals surface area contributed by atoms with Crippen LogP contribution < -0.4 is 10.1 Å². The summed E-state index contributed by atoms with van der Waals surface area (Å²) < 4.78 is 31.9. The van der Waals surface area contributed by atoms with Crippen LogP contribution in [-0.4, -0.2) is 15.0 Å². The van der Waals surface area contributed by atoms with E-state index in [0.717, 1.165) is 29.1 Å². The molecule has 128 valence electrons. The first-order valence-corrected chi connectivity index (χ1v) is 7.67. The lowest BCUT2D eigenvalue weighted by atomic mass is 10.2. The Bertz CT molecular complexity index is 856. The Kier molecular flexibility index (Phi) is 5.25. The van der Waals surface area contributed by atoms with Gasteiger partial charge in [0.15, 0.2) is 11.6 Å². The van der Waals surface area contributed by atoms with Crippen LogP contribution in [0.15, 0.2) is 48.9 Å². The molecule has 0 atom stereocenters. The van der Waals surface area contributed by atoms with Gasteiger partial charge in [-0.15, -0.1) is 0 Å². The summed E-state index contributed by atoms with van der Waals surface area (Å²) in [5.41, 5.74) is 1.75. The Balaban J connectivity index is 1.66. The summed E-state index contributed by atoms with van der Waals surface area (Å²) in [6.45, 7) is 2.90. The van der Waals surface area contributed by atoms with Crippen molar-refractivity contribution in [1.29, 1.82) is 0 Å². The fourth-order valence-corrected chi connectivity index (χ4v) is 2.15. The topological polar surface area (TPSA) is 59.9 Å². The predicted molar refractivity (Wildman–Crippen MR) is 88.0 cm³/mol. The minimum Gasteiger partial charge on any atom is -0.439 e. The standard InChI is InChI=1S/C18H16F2N4O/c1-12-23-9-13(10-24-12)8-21-11-14-3-2-6-22-18(14)25-15-4-5-16(19)17(20)7-15/h2-7,9-10,21H,8,11H2,1H3. The highest BCUT2D eigenvalue weighted by atomic mass is 19.2. The smallest absolute Gasteiger partial charge is 0.223 e. The highest BCUT2D eigenvalue weighted by Crippen LogP contribution is 2.24. The maximum atomic E-state index is 13.3. The van der Waals surface area contributed by atoms with E-state index in [-0.39, 0.29) is 5.75 Å². The lowest BCUT2D eigenvalue weighted by Gasteiger charge is -2.11. The zero-order valence-electron chi connectivity index (χ0n) is 13.5. The van der Waals surface area contributed by atoms with E-state index in [1.165, 1.54) is 6.07 Å². The first-order chi connectivity index (χ1) is 12.1. The number of hydrogen-bond acceptors (Lipinski definition) is 5. The Morgan fingerprint density at radius 2 is 1.80 bits per heavy atom. The van der Waals surface area contributed by atoms with Gasteiger partial charge in [0.25, 0.3) is 0 Å². The monoisotopic (exact) mass is 342 g/mol. The second-order valence-electron chi connectivity index (χ2n) is 5.39. The number of pyridine rings is 1. The maximum absolute atomic E-state index is 13.3. The van der Waals surface area contributed by atoms with Crippen LogP contribution in [-0.2, 0) is 13.1 Å². The number of ether oxygens (including phenoxy) is 1. The van der Waals surface area contributed by atoms with E-state index in [1.807, 2.05) is 13.0 Å². The van der Waals surface area contributed by atoms with Crippen molar-refractivity contribution in [2.75, 3.05) is 0 Å². The van der Waals surface area contributed by atoms with Crippen molar-refractivity contribution in [2.24, 2.45) is 0 Å².